The van der Waals surface area contributed by atoms with Gasteiger partial charge in [0.15, 0.2) is 17.7 Å². The summed E-state index contributed by atoms with van der Waals surface area (Å²) in [6.07, 6.45) is 0.720. The van der Waals surface area contributed by atoms with Gasteiger partial charge in [-0.25, -0.2) is 9.69 Å². The number of carbonyl (C=O) groups excluding carboxylic acids is 2. The molecule has 10 nitrogen and oxygen atoms in total. The normalized spacial score (nSPS) is 19.9. The molecule has 2 heterocycles. The number of aliphatic carboxylic acids is 1. The number of rotatable bonds is 8. The maximum Gasteiger partial charge on any atom is 0.416 e. The number of aliphatic hydroxyl groups is 1. The molecule has 31 heavy (non-hydrogen) atoms. The zero-order valence-electron chi connectivity index (χ0n) is 17.3. The van der Waals surface area contributed by atoms with E-state index in [4.69, 9.17) is 19.3 Å². The van der Waals surface area contributed by atoms with E-state index in [1.807, 2.05) is 0 Å². The third-order valence-corrected chi connectivity index (χ3v) is 5.25. The summed E-state index contributed by atoms with van der Waals surface area (Å²) < 4.78 is 16.2. The molecule has 2 amide bonds. The summed E-state index contributed by atoms with van der Waals surface area (Å²) in [5, 5.41) is 19.8. The van der Waals surface area contributed by atoms with Crippen LogP contribution in [0.25, 0.3) is 0 Å². The first kappa shape index (κ1) is 22.4. The van der Waals surface area contributed by atoms with E-state index in [-0.39, 0.29) is 54.7 Å². The van der Waals surface area contributed by atoms with E-state index in [0.29, 0.717) is 19.4 Å². The quantitative estimate of drug-likeness (QED) is 0.470. The highest BCUT2D eigenvalue weighted by Crippen LogP contribution is 2.41. The summed E-state index contributed by atoms with van der Waals surface area (Å²) in [5.74, 6) is -0.793. The van der Waals surface area contributed by atoms with Crippen molar-refractivity contribution in [2.24, 2.45) is 0 Å². The van der Waals surface area contributed by atoms with Crippen LogP contribution in [0.5, 0.6) is 11.5 Å². The lowest BCUT2D eigenvalue weighted by Crippen LogP contribution is -2.50. The fraction of sp³-hybridized carbons (Fsp3) is 0.476. The molecule has 1 aromatic rings. The molecule has 1 saturated heterocycles. The van der Waals surface area contributed by atoms with Crippen LogP contribution in [-0.2, 0) is 9.53 Å². The second-order valence-corrected chi connectivity index (χ2v) is 7.22. The third kappa shape index (κ3) is 4.58. The lowest BCUT2D eigenvalue weighted by Gasteiger charge is -2.31. The Balaban J connectivity index is 2.02. The molecule has 0 unspecified atom stereocenters. The Labute approximate surface area is 179 Å². The van der Waals surface area contributed by atoms with Crippen LogP contribution >= 0.6 is 0 Å². The number of carbonyl (C=O) groups is 3. The molecular weight excluding hydrogens is 408 g/mol. The predicted octanol–water partition coefficient (Wildman–Crippen LogP) is 2.00. The lowest BCUT2D eigenvalue weighted by atomic mass is 10.1. The van der Waals surface area contributed by atoms with Crippen LogP contribution in [0.15, 0.2) is 24.8 Å². The second-order valence-electron chi connectivity index (χ2n) is 7.22. The minimum atomic E-state index is -1.31. The Morgan fingerprint density at radius 3 is 2.77 bits per heavy atom. The molecule has 3 rings (SSSR count). The Morgan fingerprint density at radius 2 is 2.10 bits per heavy atom. The number of carboxylic acids is 1. The van der Waals surface area contributed by atoms with E-state index in [1.165, 1.54) is 25.3 Å². The van der Waals surface area contributed by atoms with Crippen molar-refractivity contribution < 1.29 is 38.8 Å². The summed E-state index contributed by atoms with van der Waals surface area (Å²) in [5.41, 5.74) is 0.309. The maximum atomic E-state index is 13.2. The van der Waals surface area contributed by atoms with Gasteiger partial charge in [-0.05, 0) is 25.3 Å². The first-order valence-electron chi connectivity index (χ1n) is 10.0. The Kier molecular flexibility index (Phi) is 7.01. The number of benzene rings is 1. The monoisotopic (exact) mass is 434 g/mol. The number of anilines is 1. The molecule has 0 saturated carbocycles. The number of fused-ring (bicyclic) bond motifs is 2. The van der Waals surface area contributed by atoms with Gasteiger partial charge >= 0.3 is 12.1 Å². The molecule has 0 aliphatic carbocycles. The van der Waals surface area contributed by atoms with E-state index < -0.39 is 24.3 Å². The van der Waals surface area contributed by atoms with Gasteiger partial charge in [0.25, 0.3) is 5.91 Å². The Morgan fingerprint density at radius 1 is 1.32 bits per heavy atom. The van der Waals surface area contributed by atoms with Crippen molar-refractivity contribution in [2.75, 3.05) is 31.8 Å². The van der Waals surface area contributed by atoms with Crippen LogP contribution in [0.1, 0.15) is 36.0 Å². The molecule has 10 heteroatoms. The number of aliphatic hydroxyl groups excluding tert-OH is 1. The highest BCUT2D eigenvalue weighted by Gasteiger charge is 2.45. The van der Waals surface area contributed by atoms with E-state index in [9.17, 15) is 19.5 Å². The average molecular weight is 434 g/mol. The minimum Gasteiger partial charge on any atom is -0.493 e. The van der Waals surface area contributed by atoms with Crippen molar-refractivity contribution in [1.82, 2.24) is 4.90 Å². The molecule has 168 valence electrons. The van der Waals surface area contributed by atoms with Crippen LogP contribution < -0.4 is 14.4 Å². The highest BCUT2D eigenvalue weighted by atomic mass is 16.6. The molecule has 2 aliphatic rings. The Bertz CT molecular complexity index is 871. The topological polar surface area (TPSA) is 126 Å². The number of carboxylic acid groups (broad SMARTS) is 1. The second kappa shape index (κ2) is 9.69. The smallest absolute Gasteiger partial charge is 0.416 e. The molecular formula is C21H26N2O8. The van der Waals surface area contributed by atoms with Gasteiger partial charge in [0, 0.05) is 19.0 Å². The molecule has 1 fully saturated rings. The van der Waals surface area contributed by atoms with Crippen LogP contribution in [0, 0.1) is 0 Å². The van der Waals surface area contributed by atoms with Gasteiger partial charge in [-0.3, -0.25) is 9.59 Å². The van der Waals surface area contributed by atoms with E-state index in [1.54, 1.807) is 4.90 Å². The number of hydrogen-bond donors (Lipinski definition) is 2. The highest BCUT2D eigenvalue weighted by molar-refractivity contribution is 6.06. The number of nitrogens with zero attached hydrogens (tertiary/aromatic N) is 2. The number of hydrogen-bond acceptors (Lipinski definition) is 7. The first-order valence-corrected chi connectivity index (χ1v) is 10.0. The van der Waals surface area contributed by atoms with Gasteiger partial charge in [0.1, 0.15) is 6.61 Å². The third-order valence-electron chi connectivity index (χ3n) is 5.25. The fourth-order valence-electron chi connectivity index (χ4n) is 3.83. The van der Waals surface area contributed by atoms with Crippen LogP contribution in [-0.4, -0.2) is 72.2 Å². The van der Waals surface area contributed by atoms with Crippen LogP contribution in [0.4, 0.5) is 10.5 Å². The lowest BCUT2D eigenvalue weighted by molar-refractivity contribution is -0.137. The summed E-state index contributed by atoms with van der Waals surface area (Å²) in [6, 6.07) is 2.33. The standard InChI is InChI=1S/C21H26N2O8/c1-3-9-31-21(28)23-15-12-17(30-10-5-7-18(24)25)16(29-2)11-13(15)19(26)22-8-4-6-14(22)20(23)27/h3,11-12,14,20,27H,1,4-10H2,2H3,(H,24,25)/t14-,20-/m0/s1. The minimum absolute atomic E-state index is 0.0611. The molecule has 0 bridgehead atoms. The summed E-state index contributed by atoms with van der Waals surface area (Å²) in [4.78, 5) is 39.4. The number of amides is 2. The number of methoxy groups -OCH3 is 1. The average Bonchev–Trinajstić information content (AvgIpc) is 3.22. The predicted molar refractivity (Wildman–Crippen MR) is 109 cm³/mol. The van der Waals surface area contributed by atoms with E-state index >= 15 is 0 Å². The molecule has 0 spiro atoms. The molecule has 2 aliphatic heterocycles. The van der Waals surface area contributed by atoms with Gasteiger partial charge in [-0.15, -0.1) is 0 Å². The molecule has 1 aromatic carbocycles. The van der Waals surface area contributed by atoms with E-state index in [0.717, 1.165) is 4.90 Å². The van der Waals surface area contributed by atoms with E-state index in [2.05, 4.69) is 6.58 Å². The molecule has 2 atom stereocenters. The summed E-state index contributed by atoms with van der Waals surface area (Å²) >= 11 is 0. The fourth-order valence-corrected chi connectivity index (χ4v) is 3.83. The first-order chi connectivity index (χ1) is 14.9. The van der Waals surface area contributed by atoms with Crippen molar-refractivity contribution in [3.05, 3.63) is 30.4 Å². The zero-order valence-corrected chi connectivity index (χ0v) is 17.3. The summed E-state index contributed by atoms with van der Waals surface area (Å²) in [7, 11) is 1.41. The Hall–Kier alpha value is -3.27. The van der Waals surface area contributed by atoms with Gasteiger partial charge in [0.05, 0.1) is 31.0 Å². The van der Waals surface area contributed by atoms with Crippen LogP contribution in [0.2, 0.25) is 0 Å². The van der Waals surface area contributed by atoms with Crippen molar-refractivity contribution in [3.63, 3.8) is 0 Å². The van der Waals surface area contributed by atoms with Gasteiger partial charge in [-0.2, -0.15) is 0 Å². The van der Waals surface area contributed by atoms with Crippen molar-refractivity contribution in [2.45, 2.75) is 38.0 Å². The molecule has 2 N–H and O–H groups in total. The SMILES string of the molecule is C=CCOC(=O)N1c2cc(OCCCC(=O)O)c(OC)cc2C(=O)N2CCC[C@H]2[C@@H]1O. The van der Waals surface area contributed by atoms with Crippen molar-refractivity contribution >= 4 is 23.7 Å². The van der Waals surface area contributed by atoms with Gasteiger partial charge in [0.2, 0.25) is 0 Å². The van der Waals surface area contributed by atoms with Gasteiger partial charge in [-0.1, -0.05) is 12.7 Å². The molecule has 0 radical (unpaired) electrons. The number of ether oxygens (including phenoxy) is 3. The largest absolute Gasteiger partial charge is 0.493 e. The van der Waals surface area contributed by atoms with Crippen molar-refractivity contribution in [1.29, 1.82) is 0 Å². The summed E-state index contributed by atoms with van der Waals surface area (Å²) in [6.45, 7) is 4.01. The maximum absolute atomic E-state index is 13.2. The van der Waals surface area contributed by atoms with Gasteiger partial charge < -0.3 is 29.3 Å². The van der Waals surface area contributed by atoms with Crippen LogP contribution in [0.3, 0.4) is 0 Å². The van der Waals surface area contributed by atoms with Crippen molar-refractivity contribution in [3.8, 4) is 11.5 Å². The zero-order chi connectivity index (χ0) is 22.5. The molecule has 0 aromatic heterocycles.